The van der Waals surface area contributed by atoms with Crippen molar-refractivity contribution in [2.24, 2.45) is 0 Å². The number of hydrogen-bond donors (Lipinski definition) is 1. The molecule has 0 aromatic heterocycles. The maximum Gasteiger partial charge on any atom is 0.232 e. The molecule has 0 radical (unpaired) electrons. The van der Waals surface area contributed by atoms with Crippen LogP contribution in [0.5, 0.6) is 0 Å². The zero-order valence-corrected chi connectivity index (χ0v) is 13.2. The van der Waals surface area contributed by atoms with Gasteiger partial charge in [0.05, 0.1) is 11.9 Å². The standard InChI is InChI=1S/C13H24N2O2S.ClH/c1-11-8-14-5-6-15(11)13(16)10-18-9-12-4-2-3-7-17-12;/h11-12,14H,2-10H2,1H3;1H/t11-,12?;/m1./s1. The van der Waals surface area contributed by atoms with E-state index in [0.717, 1.165) is 38.4 Å². The summed E-state index contributed by atoms with van der Waals surface area (Å²) in [7, 11) is 0. The fraction of sp³-hybridized carbons (Fsp3) is 0.923. The Morgan fingerprint density at radius 2 is 2.32 bits per heavy atom. The van der Waals surface area contributed by atoms with Gasteiger partial charge in [0.15, 0.2) is 0 Å². The molecule has 0 spiro atoms. The fourth-order valence-electron chi connectivity index (χ4n) is 2.51. The summed E-state index contributed by atoms with van der Waals surface area (Å²) in [6, 6.07) is 0.331. The van der Waals surface area contributed by atoms with E-state index in [0.29, 0.717) is 17.9 Å². The molecule has 0 aromatic carbocycles. The van der Waals surface area contributed by atoms with Crippen LogP contribution in [-0.4, -0.2) is 60.7 Å². The number of nitrogens with zero attached hydrogens (tertiary/aromatic N) is 1. The first kappa shape index (κ1) is 17.1. The predicted molar refractivity (Wildman–Crippen MR) is 82.2 cm³/mol. The first-order chi connectivity index (χ1) is 8.77. The molecule has 2 saturated heterocycles. The van der Waals surface area contributed by atoms with Crippen LogP contribution in [0.25, 0.3) is 0 Å². The number of carbonyl (C=O) groups is 1. The minimum Gasteiger partial charge on any atom is -0.377 e. The molecule has 2 fully saturated rings. The molecule has 1 amide bonds. The number of amides is 1. The lowest BCUT2D eigenvalue weighted by Crippen LogP contribution is -2.52. The first-order valence-electron chi connectivity index (χ1n) is 6.97. The highest BCUT2D eigenvalue weighted by Crippen LogP contribution is 2.17. The predicted octanol–water partition coefficient (Wildman–Crippen LogP) is 1.53. The second-order valence-electron chi connectivity index (χ2n) is 5.14. The third-order valence-electron chi connectivity index (χ3n) is 3.62. The van der Waals surface area contributed by atoms with Gasteiger partial charge in [0.1, 0.15) is 0 Å². The summed E-state index contributed by atoms with van der Waals surface area (Å²) >= 11 is 1.73. The second-order valence-corrected chi connectivity index (χ2v) is 6.17. The third-order valence-corrected chi connectivity index (χ3v) is 4.68. The van der Waals surface area contributed by atoms with Crippen LogP contribution in [0.2, 0.25) is 0 Å². The van der Waals surface area contributed by atoms with E-state index >= 15 is 0 Å². The second kappa shape index (κ2) is 9.06. The van der Waals surface area contributed by atoms with Crippen molar-refractivity contribution in [3.63, 3.8) is 0 Å². The third kappa shape index (κ3) is 5.50. The Morgan fingerprint density at radius 3 is 3.00 bits per heavy atom. The summed E-state index contributed by atoms with van der Waals surface area (Å²) < 4.78 is 5.67. The van der Waals surface area contributed by atoms with Crippen molar-refractivity contribution in [1.29, 1.82) is 0 Å². The lowest BCUT2D eigenvalue weighted by molar-refractivity contribution is -0.131. The molecule has 2 aliphatic heterocycles. The highest BCUT2D eigenvalue weighted by atomic mass is 35.5. The lowest BCUT2D eigenvalue weighted by Gasteiger charge is -2.34. The van der Waals surface area contributed by atoms with Crippen molar-refractivity contribution < 1.29 is 9.53 Å². The number of rotatable bonds is 4. The van der Waals surface area contributed by atoms with Crippen LogP contribution in [0.15, 0.2) is 0 Å². The van der Waals surface area contributed by atoms with Gasteiger partial charge in [-0.15, -0.1) is 24.2 Å². The molecule has 19 heavy (non-hydrogen) atoms. The van der Waals surface area contributed by atoms with E-state index in [1.54, 1.807) is 11.8 Å². The molecule has 0 bridgehead atoms. The number of piperazine rings is 1. The summed E-state index contributed by atoms with van der Waals surface area (Å²) in [5.41, 5.74) is 0. The smallest absolute Gasteiger partial charge is 0.232 e. The topological polar surface area (TPSA) is 41.6 Å². The molecule has 6 heteroatoms. The van der Waals surface area contributed by atoms with Crippen LogP contribution < -0.4 is 5.32 Å². The van der Waals surface area contributed by atoms with Gasteiger partial charge in [-0.25, -0.2) is 0 Å². The lowest BCUT2D eigenvalue weighted by atomic mass is 10.1. The Morgan fingerprint density at radius 1 is 1.47 bits per heavy atom. The number of ether oxygens (including phenoxy) is 1. The van der Waals surface area contributed by atoms with Crippen LogP contribution in [0.1, 0.15) is 26.2 Å². The van der Waals surface area contributed by atoms with E-state index in [9.17, 15) is 4.79 Å². The van der Waals surface area contributed by atoms with Crippen LogP contribution >= 0.6 is 24.2 Å². The average Bonchev–Trinajstić information content (AvgIpc) is 2.40. The summed E-state index contributed by atoms with van der Waals surface area (Å²) in [5.74, 6) is 1.85. The van der Waals surface area contributed by atoms with E-state index in [1.807, 2.05) is 4.90 Å². The van der Waals surface area contributed by atoms with Gasteiger partial charge in [-0.1, -0.05) is 0 Å². The van der Waals surface area contributed by atoms with Crippen molar-refractivity contribution in [3.05, 3.63) is 0 Å². The van der Waals surface area contributed by atoms with Crippen molar-refractivity contribution >= 4 is 30.1 Å². The molecule has 1 unspecified atom stereocenters. The van der Waals surface area contributed by atoms with Crippen LogP contribution in [-0.2, 0) is 9.53 Å². The number of carbonyl (C=O) groups excluding carboxylic acids is 1. The Bertz CT molecular complexity index is 275. The van der Waals surface area contributed by atoms with Crippen LogP contribution in [0, 0.1) is 0 Å². The Hall–Kier alpha value is 0.0300. The summed E-state index contributed by atoms with van der Waals surface area (Å²) in [6.45, 7) is 5.70. The normalized spacial score (nSPS) is 27.7. The molecular formula is C13H25ClN2O2S. The number of nitrogens with one attached hydrogen (secondary N) is 1. The molecule has 1 N–H and O–H groups in total. The molecule has 0 saturated carbocycles. The van der Waals surface area contributed by atoms with Crippen LogP contribution in [0.4, 0.5) is 0 Å². The number of thioether (sulfide) groups is 1. The maximum absolute atomic E-state index is 12.1. The monoisotopic (exact) mass is 308 g/mol. The minimum atomic E-state index is 0. The molecule has 2 atom stereocenters. The molecule has 0 aromatic rings. The van der Waals surface area contributed by atoms with E-state index in [4.69, 9.17) is 4.74 Å². The van der Waals surface area contributed by atoms with Crippen molar-refractivity contribution in [3.8, 4) is 0 Å². The molecule has 112 valence electrons. The summed E-state index contributed by atoms with van der Waals surface area (Å²) in [6.07, 6.45) is 3.99. The average molecular weight is 309 g/mol. The number of hydrogen-bond acceptors (Lipinski definition) is 4. The zero-order chi connectivity index (χ0) is 12.8. The van der Waals surface area contributed by atoms with Crippen LogP contribution in [0.3, 0.4) is 0 Å². The Labute approximate surface area is 126 Å². The van der Waals surface area contributed by atoms with Crippen molar-refractivity contribution in [2.75, 3.05) is 37.7 Å². The van der Waals surface area contributed by atoms with Gasteiger partial charge >= 0.3 is 0 Å². The number of halogens is 1. The van der Waals surface area contributed by atoms with E-state index < -0.39 is 0 Å². The van der Waals surface area contributed by atoms with Gasteiger partial charge in [-0.05, 0) is 26.2 Å². The van der Waals surface area contributed by atoms with Gasteiger partial charge in [0, 0.05) is 38.0 Å². The molecule has 2 aliphatic rings. The molecule has 2 rings (SSSR count). The van der Waals surface area contributed by atoms with Gasteiger partial charge in [0.25, 0.3) is 0 Å². The van der Waals surface area contributed by atoms with Gasteiger partial charge in [0.2, 0.25) is 5.91 Å². The SMILES string of the molecule is C[C@@H]1CNCCN1C(=O)CSCC1CCCCO1.Cl. The van der Waals surface area contributed by atoms with E-state index in [2.05, 4.69) is 12.2 Å². The minimum absolute atomic E-state index is 0. The summed E-state index contributed by atoms with van der Waals surface area (Å²) in [4.78, 5) is 14.1. The Kier molecular flexibility index (Phi) is 8.14. The quantitative estimate of drug-likeness (QED) is 0.855. The van der Waals surface area contributed by atoms with Crippen molar-refractivity contribution in [1.82, 2.24) is 10.2 Å². The van der Waals surface area contributed by atoms with E-state index in [1.165, 1.54) is 12.8 Å². The van der Waals surface area contributed by atoms with Gasteiger partial charge in [-0.2, -0.15) is 0 Å². The summed E-state index contributed by atoms with van der Waals surface area (Å²) in [5, 5.41) is 3.31. The van der Waals surface area contributed by atoms with Crippen molar-refractivity contribution in [2.45, 2.75) is 38.3 Å². The van der Waals surface area contributed by atoms with E-state index in [-0.39, 0.29) is 18.3 Å². The molecular weight excluding hydrogens is 284 g/mol. The molecule has 0 aliphatic carbocycles. The fourth-order valence-corrected chi connectivity index (χ4v) is 3.50. The zero-order valence-electron chi connectivity index (χ0n) is 11.6. The molecule has 4 nitrogen and oxygen atoms in total. The highest BCUT2D eigenvalue weighted by molar-refractivity contribution is 7.99. The molecule has 2 heterocycles. The highest BCUT2D eigenvalue weighted by Gasteiger charge is 2.23. The maximum atomic E-state index is 12.1. The Balaban J connectivity index is 0.00000180. The van der Waals surface area contributed by atoms with Gasteiger partial charge < -0.3 is 15.0 Å². The first-order valence-corrected chi connectivity index (χ1v) is 8.12. The largest absolute Gasteiger partial charge is 0.377 e. The van der Waals surface area contributed by atoms with Gasteiger partial charge in [-0.3, -0.25) is 4.79 Å².